The van der Waals surface area contributed by atoms with Crippen molar-refractivity contribution in [1.29, 1.82) is 0 Å². The first kappa shape index (κ1) is 8.05. The quantitative estimate of drug-likeness (QED) is 0.623. The zero-order valence-electron chi connectivity index (χ0n) is 7.75. The zero-order valence-corrected chi connectivity index (χ0v) is 7.75. The molecule has 1 heterocycles. The molecular formula is C9H16N2O. The van der Waals surface area contributed by atoms with E-state index in [-0.39, 0.29) is 0 Å². The second-order valence-electron chi connectivity index (χ2n) is 4.18. The molecule has 0 aromatic carbocycles. The van der Waals surface area contributed by atoms with Gasteiger partial charge in [0.15, 0.2) is 0 Å². The van der Waals surface area contributed by atoms with E-state index in [0.717, 1.165) is 31.8 Å². The molecule has 1 aliphatic carbocycles. The lowest BCUT2D eigenvalue weighted by Gasteiger charge is -2.46. The standard InChI is InChI=1S/C9H16N2O/c1-7-10-3-4-11(7)8-5-9(2,12)6-8/h8,12H,3-6H2,1-2H3. The van der Waals surface area contributed by atoms with Crippen LogP contribution in [0, 0.1) is 0 Å². The summed E-state index contributed by atoms with van der Waals surface area (Å²) in [5.41, 5.74) is -0.409. The minimum absolute atomic E-state index is 0.409. The summed E-state index contributed by atoms with van der Waals surface area (Å²) in [7, 11) is 0. The van der Waals surface area contributed by atoms with Gasteiger partial charge >= 0.3 is 0 Å². The fraction of sp³-hybridized carbons (Fsp3) is 0.889. The summed E-state index contributed by atoms with van der Waals surface area (Å²) in [6, 6.07) is 0.547. The molecule has 0 amide bonds. The fourth-order valence-corrected chi connectivity index (χ4v) is 2.19. The lowest BCUT2D eigenvalue weighted by molar-refractivity contribution is -0.0601. The fourth-order valence-electron chi connectivity index (χ4n) is 2.19. The van der Waals surface area contributed by atoms with E-state index in [1.165, 1.54) is 0 Å². The Bertz CT molecular complexity index is 215. The molecule has 3 nitrogen and oxygen atoms in total. The maximum absolute atomic E-state index is 9.56. The molecule has 1 fully saturated rings. The van der Waals surface area contributed by atoms with Gasteiger partial charge in [-0.25, -0.2) is 0 Å². The first-order valence-electron chi connectivity index (χ1n) is 4.59. The highest BCUT2D eigenvalue weighted by molar-refractivity contribution is 5.81. The topological polar surface area (TPSA) is 35.8 Å². The number of nitrogens with zero attached hydrogens (tertiary/aromatic N) is 2. The molecule has 12 heavy (non-hydrogen) atoms. The summed E-state index contributed by atoms with van der Waals surface area (Å²) < 4.78 is 0. The first-order valence-corrected chi connectivity index (χ1v) is 4.59. The maximum atomic E-state index is 9.56. The summed E-state index contributed by atoms with van der Waals surface area (Å²) in [4.78, 5) is 6.65. The van der Waals surface area contributed by atoms with Gasteiger partial charge in [-0.15, -0.1) is 0 Å². The van der Waals surface area contributed by atoms with Gasteiger partial charge < -0.3 is 10.0 Å². The van der Waals surface area contributed by atoms with Gasteiger partial charge in [0.2, 0.25) is 0 Å². The third-order valence-electron chi connectivity index (χ3n) is 2.89. The minimum atomic E-state index is -0.409. The van der Waals surface area contributed by atoms with Gasteiger partial charge in [-0.3, -0.25) is 4.99 Å². The van der Waals surface area contributed by atoms with Gasteiger partial charge in [-0.2, -0.15) is 0 Å². The highest BCUT2D eigenvalue weighted by atomic mass is 16.3. The Kier molecular flexibility index (Phi) is 1.65. The van der Waals surface area contributed by atoms with Crippen molar-refractivity contribution < 1.29 is 5.11 Å². The van der Waals surface area contributed by atoms with Gasteiger partial charge in [0.05, 0.1) is 18.0 Å². The molecule has 68 valence electrons. The van der Waals surface area contributed by atoms with Crippen molar-refractivity contribution in [1.82, 2.24) is 4.90 Å². The molecule has 1 aliphatic heterocycles. The molecule has 2 rings (SSSR count). The molecule has 0 aromatic rings. The van der Waals surface area contributed by atoms with Crippen LogP contribution in [0.25, 0.3) is 0 Å². The van der Waals surface area contributed by atoms with Crippen molar-refractivity contribution in [3.8, 4) is 0 Å². The summed E-state index contributed by atoms with van der Waals surface area (Å²) in [6.45, 7) is 5.95. The van der Waals surface area contributed by atoms with Crippen LogP contribution >= 0.6 is 0 Å². The smallest absolute Gasteiger partial charge is 0.0961 e. The monoisotopic (exact) mass is 168 g/mol. The third-order valence-corrected chi connectivity index (χ3v) is 2.89. The molecule has 3 heteroatoms. The largest absolute Gasteiger partial charge is 0.390 e. The molecular weight excluding hydrogens is 152 g/mol. The minimum Gasteiger partial charge on any atom is -0.390 e. The van der Waals surface area contributed by atoms with E-state index in [4.69, 9.17) is 0 Å². The van der Waals surface area contributed by atoms with Gasteiger partial charge in [-0.05, 0) is 26.7 Å². The lowest BCUT2D eigenvalue weighted by Crippen LogP contribution is -2.54. The number of aliphatic hydroxyl groups is 1. The predicted octanol–water partition coefficient (Wildman–Crippen LogP) is 0.634. The number of amidine groups is 1. The molecule has 0 spiro atoms. The Morgan fingerprint density at radius 1 is 1.58 bits per heavy atom. The van der Waals surface area contributed by atoms with Crippen LogP contribution in [0.5, 0.6) is 0 Å². The SMILES string of the molecule is CC1=NCCN1C1CC(C)(O)C1. The molecule has 1 saturated carbocycles. The Morgan fingerprint density at radius 2 is 2.25 bits per heavy atom. The lowest BCUT2D eigenvalue weighted by atomic mass is 9.76. The molecule has 1 N–H and O–H groups in total. The van der Waals surface area contributed by atoms with E-state index >= 15 is 0 Å². The number of rotatable bonds is 1. The molecule has 0 saturated heterocycles. The molecule has 0 bridgehead atoms. The Morgan fingerprint density at radius 3 is 2.67 bits per heavy atom. The van der Waals surface area contributed by atoms with Crippen LogP contribution < -0.4 is 0 Å². The van der Waals surface area contributed by atoms with Gasteiger partial charge in [0.1, 0.15) is 0 Å². The van der Waals surface area contributed by atoms with Crippen molar-refractivity contribution in [3.05, 3.63) is 0 Å². The second-order valence-corrected chi connectivity index (χ2v) is 4.18. The van der Waals surface area contributed by atoms with Crippen molar-refractivity contribution in [2.45, 2.75) is 38.3 Å². The second kappa shape index (κ2) is 2.46. The number of hydrogen-bond donors (Lipinski definition) is 1. The summed E-state index contributed by atoms with van der Waals surface area (Å²) in [5, 5.41) is 9.56. The van der Waals surface area contributed by atoms with Crippen molar-refractivity contribution in [3.63, 3.8) is 0 Å². The Labute approximate surface area is 73.1 Å². The molecule has 0 radical (unpaired) electrons. The normalized spacial score (nSPS) is 41.1. The van der Waals surface area contributed by atoms with E-state index in [9.17, 15) is 5.11 Å². The molecule has 0 atom stereocenters. The van der Waals surface area contributed by atoms with Crippen LogP contribution in [0.15, 0.2) is 4.99 Å². The van der Waals surface area contributed by atoms with Gasteiger partial charge in [0.25, 0.3) is 0 Å². The third kappa shape index (κ3) is 1.22. The zero-order chi connectivity index (χ0) is 8.77. The van der Waals surface area contributed by atoms with Crippen LogP contribution in [0.2, 0.25) is 0 Å². The van der Waals surface area contributed by atoms with E-state index in [1.54, 1.807) is 0 Å². The van der Waals surface area contributed by atoms with Crippen LogP contribution in [0.1, 0.15) is 26.7 Å². The highest BCUT2D eigenvalue weighted by Crippen LogP contribution is 2.35. The van der Waals surface area contributed by atoms with Crippen molar-refractivity contribution in [2.75, 3.05) is 13.1 Å². The highest BCUT2D eigenvalue weighted by Gasteiger charge is 2.42. The Balaban J connectivity index is 1.93. The number of aliphatic imine (C=N–C) groups is 1. The van der Waals surface area contributed by atoms with Crippen molar-refractivity contribution in [2.24, 2.45) is 4.99 Å². The first-order chi connectivity index (χ1) is 5.58. The average Bonchev–Trinajstić information content (AvgIpc) is 2.30. The van der Waals surface area contributed by atoms with Gasteiger partial charge in [-0.1, -0.05) is 0 Å². The molecule has 0 unspecified atom stereocenters. The molecule has 0 aromatic heterocycles. The summed E-state index contributed by atoms with van der Waals surface area (Å²) in [5.74, 6) is 1.15. The molecule has 2 aliphatic rings. The van der Waals surface area contributed by atoms with Crippen LogP contribution in [0.3, 0.4) is 0 Å². The summed E-state index contributed by atoms with van der Waals surface area (Å²) in [6.07, 6.45) is 1.81. The Hall–Kier alpha value is -0.570. The van der Waals surface area contributed by atoms with E-state index in [0.29, 0.717) is 6.04 Å². The van der Waals surface area contributed by atoms with Crippen molar-refractivity contribution >= 4 is 5.84 Å². The van der Waals surface area contributed by atoms with Crippen LogP contribution in [-0.4, -0.2) is 40.6 Å². The van der Waals surface area contributed by atoms with Gasteiger partial charge in [0, 0.05) is 12.6 Å². The van der Waals surface area contributed by atoms with E-state index in [1.807, 2.05) is 6.92 Å². The summed E-state index contributed by atoms with van der Waals surface area (Å²) >= 11 is 0. The number of hydrogen-bond acceptors (Lipinski definition) is 3. The van der Waals surface area contributed by atoms with E-state index in [2.05, 4.69) is 16.8 Å². The van der Waals surface area contributed by atoms with Crippen LogP contribution in [-0.2, 0) is 0 Å². The predicted molar refractivity (Wildman–Crippen MR) is 48.3 cm³/mol. The maximum Gasteiger partial charge on any atom is 0.0961 e. The van der Waals surface area contributed by atoms with Crippen LogP contribution in [0.4, 0.5) is 0 Å². The average molecular weight is 168 g/mol. The van der Waals surface area contributed by atoms with E-state index < -0.39 is 5.60 Å².